The molecule has 32 heavy (non-hydrogen) atoms. The average molecular weight is 476 g/mol. The van der Waals surface area contributed by atoms with Gasteiger partial charge in [-0.3, -0.25) is 19.3 Å². The summed E-state index contributed by atoms with van der Waals surface area (Å²) in [4.78, 5) is 48.0. The molecule has 0 aromatic heterocycles. The standard InChI is InChI=1S/C22H18ClNO7S/c1-2-30-19(25)11-24-20(26)18(32-22(24)29)10-14-5-8-17(16(23)9-14)31-12-13-3-6-15(7-4-13)21(27)28/h3-10H,2,11-12H2,1H3,(H,27,28)/b18-10-. The van der Waals surface area contributed by atoms with E-state index < -0.39 is 29.6 Å². The van der Waals surface area contributed by atoms with E-state index in [-0.39, 0.29) is 23.7 Å². The number of rotatable bonds is 8. The van der Waals surface area contributed by atoms with E-state index in [4.69, 9.17) is 26.2 Å². The third-order valence-electron chi connectivity index (χ3n) is 4.32. The first-order valence-corrected chi connectivity index (χ1v) is 10.6. The van der Waals surface area contributed by atoms with Gasteiger partial charge in [0.2, 0.25) is 0 Å². The molecule has 1 N–H and O–H groups in total. The lowest BCUT2D eigenvalue weighted by molar-refractivity contribution is -0.145. The van der Waals surface area contributed by atoms with Gasteiger partial charge in [0.25, 0.3) is 11.1 Å². The van der Waals surface area contributed by atoms with E-state index in [0.717, 1.165) is 22.2 Å². The second-order valence-electron chi connectivity index (χ2n) is 6.55. The Hall–Kier alpha value is -3.30. The number of carbonyl (C=O) groups excluding carboxylic acids is 3. The highest BCUT2D eigenvalue weighted by molar-refractivity contribution is 8.18. The van der Waals surface area contributed by atoms with Crippen molar-refractivity contribution in [2.45, 2.75) is 13.5 Å². The van der Waals surface area contributed by atoms with Crippen molar-refractivity contribution < 1.29 is 33.8 Å². The van der Waals surface area contributed by atoms with E-state index in [1.807, 2.05) is 0 Å². The van der Waals surface area contributed by atoms with Crippen LogP contribution in [0.25, 0.3) is 6.08 Å². The Morgan fingerprint density at radius 3 is 2.50 bits per heavy atom. The molecule has 1 aliphatic heterocycles. The number of esters is 1. The van der Waals surface area contributed by atoms with Crippen LogP contribution in [0.5, 0.6) is 5.75 Å². The second kappa shape index (κ2) is 10.3. The zero-order valence-corrected chi connectivity index (χ0v) is 18.4. The predicted octanol–water partition coefficient (Wildman–Crippen LogP) is 4.22. The Morgan fingerprint density at radius 1 is 1.16 bits per heavy atom. The van der Waals surface area contributed by atoms with Crippen molar-refractivity contribution >= 4 is 52.5 Å². The lowest BCUT2D eigenvalue weighted by atomic mass is 10.1. The monoisotopic (exact) mass is 475 g/mol. The highest BCUT2D eigenvalue weighted by atomic mass is 35.5. The number of ether oxygens (including phenoxy) is 2. The van der Waals surface area contributed by atoms with Gasteiger partial charge in [0.1, 0.15) is 18.9 Å². The molecular weight excluding hydrogens is 458 g/mol. The number of carboxylic acid groups (broad SMARTS) is 1. The first kappa shape index (κ1) is 23.4. The van der Waals surface area contributed by atoms with E-state index in [0.29, 0.717) is 16.3 Å². The molecule has 0 saturated carbocycles. The number of thioether (sulfide) groups is 1. The number of hydrogen-bond acceptors (Lipinski definition) is 7. The number of carboxylic acids is 1. The smallest absolute Gasteiger partial charge is 0.335 e. The fraction of sp³-hybridized carbons (Fsp3) is 0.182. The Kier molecular flexibility index (Phi) is 7.55. The predicted molar refractivity (Wildman–Crippen MR) is 118 cm³/mol. The maximum atomic E-state index is 12.5. The summed E-state index contributed by atoms with van der Waals surface area (Å²) < 4.78 is 10.5. The number of nitrogens with zero attached hydrogens (tertiary/aromatic N) is 1. The molecule has 2 aromatic rings. The fourth-order valence-corrected chi connectivity index (χ4v) is 3.83. The van der Waals surface area contributed by atoms with E-state index in [2.05, 4.69) is 0 Å². The minimum atomic E-state index is -1.00. The molecule has 10 heteroatoms. The van der Waals surface area contributed by atoms with Gasteiger partial charge < -0.3 is 14.6 Å². The Morgan fingerprint density at radius 2 is 1.88 bits per heavy atom. The summed E-state index contributed by atoms with van der Waals surface area (Å²) in [6.07, 6.45) is 1.51. The molecule has 1 saturated heterocycles. The van der Waals surface area contributed by atoms with Crippen LogP contribution >= 0.6 is 23.4 Å². The molecule has 2 amide bonds. The lowest BCUT2D eigenvalue weighted by Gasteiger charge is -2.11. The van der Waals surface area contributed by atoms with Crippen LogP contribution in [0.2, 0.25) is 5.02 Å². The zero-order valence-electron chi connectivity index (χ0n) is 16.9. The summed E-state index contributed by atoms with van der Waals surface area (Å²) in [5, 5.41) is 8.69. The van der Waals surface area contributed by atoms with Crippen molar-refractivity contribution in [3.63, 3.8) is 0 Å². The van der Waals surface area contributed by atoms with Gasteiger partial charge in [-0.1, -0.05) is 29.8 Å². The summed E-state index contributed by atoms with van der Waals surface area (Å²) in [6.45, 7) is 1.55. The van der Waals surface area contributed by atoms with Gasteiger partial charge in [0.05, 0.1) is 22.1 Å². The number of carbonyl (C=O) groups is 4. The van der Waals surface area contributed by atoms with Crippen molar-refractivity contribution in [2.24, 2.45) is 0 Å². The number of halogens is 1. The number of amides is 2. The Labute approximate surface area is 192 Å². The maximum Gasteiger partial charge on any atom is 0.335 e. The van der Waals surface area contributed by atoms with Gasteiger partial charge in [-0.2, -0.15) is 0 Å². The lowest BCUT2D eigenvalue weighted by Crippen LogP contribution is -2.34. The molecule has 166 valence electrons. The highest BCUT2D eigenvalue weighted by Gasteiger charge is 2.36. The number of benzene rings is 2. The molecule has 0 spiro atoms. The molecule has 0 bridgehead atoms. The van der Waals surface area contributed by atoms with Crippen LogP contribution in [0.1, 0.15) is 28.4 Å². The van der Waals surface area contributed by atoms with Crippen LogP contribution in [0.3, 0.4) is 0 Å². The number of aromatic carboxylic acids is 1. The third kappa shape index (κ3) is 5.68. The van der Waals surface area contributed by atoms with Crippen LogP contribution in [-0.4, -0.2) is 46.2 Å². The maximum absolute atomic E-state index is 12.5. The molecule has 0 aliphatic carbocycles. The zero-order chi connectivity index (χ0) is 23.3. The van der Waals surface area contributed by atoms with Gasteiger partial charge in [0.15, 0.2) is 0 Å². The minimum absolute atomic E-state index is 0.158. The molecular formula is C22H18ClNO7S. The minimum Gasteiger partial charge on any atom is -0.487 e. The summed E-state index contributed by atoms with van der Waals surface area (Å²) in [5.41, 5.74) is 1.53. The molecule has 2 aromatic carbocycles. The molecule has 0 atom stereocenters. The van der Waals surface area contributed by atoms with Crippen molar-refractivity contribution in [3.8, 4) is 5.75 Å². The Balaban J connectivity index is 1.66. The molecule has 1 heterocycles. The summed E-state index contributed by atoms with van der Waals surface area (Å²) in [7, 11) is 0. The normalized spacial score (nSPS) is 14.7. The van der Waals surface area contributed by atoms with E-state index in [1.165, 1.54) is 18.2 Å². The van der Waals surface area contributed by atoms with Crippen LogP contribution < -0.4 is 4.74 Å². The summed E-state index contributed by atoms with van der Waals surface area (Å²) in [6, 6.07) is 11.2. The molecule has 1 fully saturated rings. The van der Waals surface area contributed by atoms with Crippen LogP contribution in [-0.2, 0) is 20.9 Å². The first-order chi connectivity index (χ1) is 15.3. The topological polar surface area (TPSA) is 110 Å². The molecule has 0 radical (unpaired) electrons. The van der Waals surface area contributed by atoms with Gasteiger partial charge in [0, 0.05) is 0 Å². The molecule has 0 unspecified atom stereocenters. The van der Waals surface area contributed by atoms with Crippen LogP contribution in [0.4, 0.5) is 4.79 Å². The fourth-order valence-electron chi connectivity index (χ4n) is 2.75. The van der Waals surface area contributed by atoms with Gasteiger partial charge in [-0.25, -0.2) is 4.79 Å². The summed E-state index contributed by atoms with van der Waals surface area (Å²) in [5.74, 6) is -1.83. The number of imide groups is 1. The largest absolute Gasteiger partial charge is 0.487 e. The van der Waals surface area contributed by atoms with Gasteiger partial charge >= 0.3 is 11.9 Å². The van der Waals surface area contributed by atoms with Crippen molar-refractivity contribution in [1.82, 2.24) is 4.90 Å². The van der Waals surface area contributed by atoms with Crippen LogP contribution in [0.15, 0.2) is 47.4 Å². The third-order valence-corrected chi connectivity index (χ3v) is 5.52. The van der Waals surface area contributed by atoms with E-state index in [9.17, 15) is 19.2 Å². The second-order valence-corrected chi connectivity index (χ2v) is 7.95. The van der Waals surface area contributed by atoms with Crippen molar-refractivity contribution in [3.05, 3.63) is 69.1 Å². The van der Waals surface area contributed by atoms with Crippen molar-refractivity contribution in [2.75, 3.05) is 13.2 Å². The molecule has 3 rings (SSSR count). The SMILES string of the molecule is CCOC(=O)CN1C(=O)S/C(=C\c2ccc(OCc3ccc(C(=O)O)cc3)c(Cl)c2)C1=O. The van der Waals surface area contributed by atoms with E-state index >= 15 is 0 Å². The molecule has 1 aliphatic rings. The first-order valence-electron chi connectivity index (χ1n) is 9.44. The highest BCUT2D eigenvalue weighted by Crippen LogP contribution is 2.34. The van der Waals surface area contributed by atoms with Gasteiger partial charge in [-0.15, -0.1) is 0 Å². The van der Waals surface area contributed by atoms with Crippen molar-refractivity contribution in [1.29, 1.82) is 0 Å². The number of hydrogen-bond donors (Lipinski definition) is 1. The average Bonchev–Trinajstić information content (AvgIpc) is 3.01. The Bertz CT molecular complexity index is 1100. The molecule has 8 nitrogen and oxygen atoms in total. The summed E-state index contributed by atoms with van der Waals surface area (Å²) >= 11 is 7.02. The van der Waals surface area contributed by atoms with Crippen LogP contribution in [0, 0.1) is 0 Å². The van der Waals surface area contributed by atoms with E-state index in [1.54, 1.807) is 37.3 Å². The quantitative estimate of drug-likeness (QED) is 0.446. The van der Waals surface area contributed by atoms with Gasteiger partial charge in [-0.05, 0) is 60.2 Å².